The number of benzene rings is 1. The van der Waals surface area contributed by atoms with Crippen molar-refractivity contribution in [2.45, 2.75) is 13.8 Å². The zero-order valence-corrected chi connectivity index (χ0v) is 10.0. The molecule has 0 atom stereocenters. The fourth-order valence-electron chi connectivity index (χ4n) is 1.78. The van der Waals surface area contributed by atoms with Crippen molar-refractivity contribution < 1.29 is 9.26 Å². The summed E-state index contributed by atoms with van der Waals surface area (Å²) in [5.74, 6) is 1.75. The van der Waals surface area contributed by atoms with Gasteiger partial charge in [0, 0.05) is 6.92 Å². The van der Waals surface area contributed by atoms with Crippen LogP contribution in [0.5, 0.6) is 11.6 Å². The lowest BCUT2D eigenvalue weighted by Crippen LogP contribution is -1.92. The molecule has 3 aromatic rings. The van der Waals surface area contributed by atoms with Crippen LogP contribution < -0.4 is 4.74 Å². The first-order valence-corrected chi connectivity index (χ1v) is 5.56. The lowest BCUT2D eigenvalue weighted by molar-refractivity contribution is 0.383. The van der Waals surface area contributed by atoms with Crippen LogP contribution in [0.1, 0.15) is 11.5 Å². The van der Waals surface area contributed by atoms with E-state index in [-0.39, 0.29) is 0 Å². The van der Waals surface area contributed by atoms with Crippen LogP contribution in [0.2, 0.25) is 0 Å². The van der Waals surface area contributed by atoms with E-state index >= 15 is 0 Å². The predicted molar refractivity (Wildman–Crippen MR) is 65.6 cm³/mol. The largest absolute Gasteiger partial charge is 0.433 e. The molecule has 2 aromatic heterocycles. The molecule has 0 spiro atoms. The number of nitrogens with zero attached hydrogens (tertiary/aromatic N) is 3. The molecule has 0 saturated carbocycles. The summed E-state index contributed by atoms with van der Waals surface area (Å²) in [5, 5.41) is 4.71. The minimum absolute atomic E-state index is 0.509. The molecule has 0 amide bonds. The van der Waals surface area contributed by atoms with Gasteiger partial charge in [0.2, 0.25) is 5.88 Å². The fraction of sp³-hybridized carbons (Fsp3) is 0.154. The predicted octanol–water partition coefficient (Wildman–Crippen LogP) is 3.03. The van der Waals surface area contributed by atoms with E-state index < -0.39 is 0 Å². The lowest BCUT2D eigenvalue weighted by atomic mass is 10.2. The second-order valence-corrected chi connectivity index (χ2v) is 3.95. The van der Waals surface area contributed by atoms with Gasteiger partial charge in [0.1, 0.15) is 12.0 Å². The summed E-state index contributed by atoms with van der Waals surface area (Å²) in [7, 11) is 0. The average molecular weight is 241 g/mol. The topological polar surface area (TPSA) is 61.0 Å². The van der Waals surface area contributed by atoms with Crippen LogP contribution in [0.4, 0.5) is 0 Å². The number of hydrogen-bond acceptors (Lipinski definition) is 5. The molecule has 90 valence electrons. The van der Waals surface area contributed by atoms with Crippen LogP contribution >= 0.6 is 0 Å². The van der Waals surface area contributed by atoms with Crippen LogP contribution in [0.25, 0.3) is 10.9 Å². The summed E-state index contributed by atoms with van der Waals surface area (Å²) in [6, 6.07) is 7.68. The maximum atomic E-state index is 5.79. The third-order valence-electron chi connectivity index (χ3n) is 2.67. The summed E-state index contributed by atoms with van der Waals surface area (Å²) in [5.41, 5.74) is 1.55. The molecule has 0 aliphatic carbocycles. The summed E-state index contributed by atoms with van der Waals surface area (Å²) < 4.78 is 10.8. The van der Waals surface area contributed by atoms with Crippen LogP contribution in [-0.4, -0.2) is 15.1 Å². The van der Waals surface area contributed by atoms with Gasteiger partial charge in [-0.05, 0) is 19.1 Å². The number of rotatable bonds is 2. The molecule has 5 nitrogen and oxygen atoms in total. The molecule has 1 aromatic carbocycles. The minimum Gasteiger partial charge on any atom is -0.433 e. The molecule has 0 bridgehead atoms. The summed E-state index contributed by atoms with van der Waals surface area (Å²) in [6.07, 6.45) is 1.48. The Morgan fingerprint density at radius 3 is 2.72 bits per heavy atom. The molecular formula is C13H11N3O2. The van der Waals surface area contributed by atoms with E-state index in [0.29, 0.717) is 23.1 Å². The standard InChI is InChI=1S/C13H11N3O2/c1-8-12(9(2)18-16-8)17-13-10-5-3-4-6-11(10)14-7-15-13/h3-7H,1-2H3. The van der Waals surface area contributed by atoms with Gasteiger partial charge in [-0.2, -0.15) is 0 Å². The molecule has 2 heterocycles. The maximum absolute atomic E-state index is 5.79. The molecule has 0 aliphatic heterocycles. The van der Waals surface area contributed by atoms with E-state index in [1.165, 1.54) is 6.33 Å². The quantitative estimate of drug-likeness (QED) is 0.690. The van der Waals surface area contributed by atoms with Crippen molar-refractivity contribution in [2.24, 2.45) is 0 Å². The van der Waals surface area contributed by atoms with E-state index in [0.717, 1.165) is 10.9 Å². The number of aryl methyl sites for hydroxylation is 2. The fourth-order valence-corrected chi connectivity index (χ4v) is 1.78. The molecule has 0 unspecified atom stereocenters. The first kappa shape index (κ1) is 10.7. The van der Waals surface area contributed by atoms with Crippen molar-refractivity contribution in [1.29, 1.82) is 0 Å². The van der Waals surface area contributed by atoms with Gasteiger partial charge in [-0.3, -0.25) is 0 Å². The smallest absolute Gasteiger partial charge is 0.230 e. The Bertz CT molecular complexity index is 682. The second-order valence-electron chi connectivity index (χ2n) is 3.95. The average Bonchev–Trinajstić information content (AvgIpc) is 2.71. The van der Waals surface area contributed by atoms with Crippen molar-refractivity contribution in [2.75, 3.05) is 0 Å². The highest BCUT2D eigenvalue weighted by molar-refractivity contribution is 5.83. The second kappa shape index (κ2) is 4.10. The first-order chi connectivity index (χ1) is 8.75. The van der Waals surface area contributed by atoms with E-state index in [1.54, 1.807) is 6.92 Å². The van der Waals surface area contributed by atoms with Crippen LogP contribution in [0.3, 0.4) is 0 Å². The van der Waals surface area contributed by atoms with Gasteiger partial charge in [-0.1, -0.05) is 17.3 Å². The van der Waals surface area contributed by atoms with E-state index in [1.807, 2.05) is 31.2 Å². The van der Waals surface area contributed by atoms with Crippen molar-refractivity contribution in [1.82, 2.24) is 15.1 Å². The molecular weight excluding hydrogens is 230 g/mol. The van der Waals surface area contributed by atoms with E-state index in [9.17, 15) is 0 Å². The highest BCUT2D eigenvalue weighted by Gasteiger charge is 2.13. The van der Waals surface area contributed by atoms with Crippen LogP contribution in [0, 0.1) is 13.8 Å². The third-order valence-corrected chi connectivity index (χ3v) is 2.67. The summed E-state index contributed by atoms with van der Waals surface area (Å²) in [4.78, 5) is 8.35. The van der Waals surface area contributed by atoms with Gasteiger partial charge in [0.25, 0.3) is 0 Å². The number of para-hydroxylation sites is 1. The molecule has 18 heavy (non-hydrogen) atoms. The number of hydrogen-bond donors (Lipinski definition) is 0. The Balaban J connectivity index is 2.11. The van der Waals surface area contributed by atoms with E-state index in [2.05, 4.69) is 15.1 Å². The Morgan fingerprint density at radius 2 is 1.94 bits per heavy atom. The zero-order valence-electron chi connectivity index (χ0n) is 10.0. The number of fused-ring (bicyclic) bond motifs is 1. The van der Waals surface area contributed by atoms with Crippen molar-refractivity contribution in [3.63, 3.8) is 0 Å². The van der Waals surface area contributed by atoms with Gasteiger partial charge in [-0.15, -0.1) is 0 Å². The summed E-state index contributed by atoms with van der Waals surface area (Å²) >= 11 is 0. The normalized spacial score (nSPS) is 10.8. The molecule has 0 radical (unpaired) electrons. The lowest BCUT2D eigenvalue weighted by Gasteiger charge is -2.06. The minimum atomic E-state index is 0.509. The van der Waals surface area contributed by atoms with Crippen LogP contribution in [0.15, 0.2) is 35.1 Å². The van der Waals surface area contributed by atoms with Gasteiger partial charge in [-0.25, -0.2) is 9.97 Å². The molecule has 0 fully saturated rings. The van der Waals surface area contributed by atoms with Gasteiger partial charge >= 0.3 is 0 Å². The van der Waals surface area contributed by atoms with Gasteiger partial charge < -0.3 is 9.26 Å². The highest BCUT2D eigenvalue weighted by atomic mass is 16.5. The Kier molecular flexibility index (Phi) is 2.44. The molecule has 5 heteroatoms. The third kappa shape index (κ3) is 1.69. The monoisotopic (exact) mass is 241 g/mol. The molecule has 3 rings (SSSR count). The maximum Gasteiger partial charge on any atom is 0.230 e. The Labute approximate surface area is 103 Å². The molecule has 0 saturated heterocycles. The Morgan fingerprint density at radius 1 is 1.11 bits per heavy atom. The summed E-state index contributed by atoms with van der Waals surface area (Å²) in [6.45, 7) is 3.63. The van der Waals surface area contributed by atoms with E-state index in [4.69, 9.17) is 9.26 Å². The van der Waals surface area contributed by atoms with Crippen molar-refractivity contribution in [3.05, 3.63) is 42.0 Å². The van der Waals surface area contributed by atoms with Gasteiger partial charge in [0.15, 0.2) is 11.5 Å². The molecule has 0 N–H and O–H groups in total. The number of aromatic nitrogens is 3. The Hall–Kier alpha value is -2.43. The zero-order chi connectivity index (χ0) is 12.5. The first-order valence-electron chi connectivity index (χ1n) is 5.56. The highest BCUT2D eigenvalue weighted by Crippen LogP contribution is 2.30. The van der Waals surface area contributed by atoms with Crippen LogP contribution in [-0.2, 0) is 0 Å². The molecule has 0 aliphatic rings. The van der Waals surface area contributed by atoms with Crippen molar-refractivity contribution in [3.8, 4) is 11.6 Å². The SMILES string of the molecule is Cc1noc(C)c1Oc1ncnc2ccccc12. The number of ether oxygens (including phenoxy) is 1. The van der Waals surface area contributed by atoms with Gasteiger partial charge in [0.05, 0.1) is 10.9 Å². The van der Waals surface area contributed by atoms with Crippen molar-refractivity contribution >= 4 is 10.9 Å².